The van der Waals surface area contributed by atoms with Gasteiger partial charge in [-0.1, -0.05) is 42.5 Å². The number of benzene rings is 3. The average Bonchev–Trinajstić information content (AvgIpc) is 2.96. The van der Waals surface area contributed by atoms with Gasteiger partial charge in [-0.2, -0.15) is 13.2 Å². The van der Waals surface area contributed by atoms with Gasteiger partial charge < -0.3 is 25.4 Å². The van der Waals surface area contributed by atoms with Crippen LogP contribution in [0.15, 0.2) is 83.7 Å². The summed E-state index contributed by atoms with van der Waals surface area (Å²) in [6.07, 6.45) is -2.07. The van der Waals surface area contributed by atoms with E-state index >= 15 is 0 Å². The Morgan fingerprint density at radius 1 is 0.976 bits per heavy atom. The fraction of sp³-hybridized carbons (Fsp3) is 0.312. The molecule has 0 aliphatic carbocycles. The Kier molecular flexibility index (Phi) is 8.27. The van der Waals surface area contributed by atoms with Gasteiger partial charge >= 0.3 is 12.2 Å². The third kappa shape index (κ3) is 6.44. The van der Waals surface area contributed by atoms with Crippen LogP contribution in [0.4, 0.5) is 29.3 Å². The Hall–Kier alpha value is -4.31. The minimum Gasteiger partial charge on any atom is -0.371 e. The first-order valence-electron chi connectivity index (χ1n) is 13.9. The molecule has 5 rings (SSSR count). The van der Waals surface area contributed by atoms with Gasteiger partial charge in [-0.05, 0) is 74.8 Å². The molecule has 1 saturated heterocycles. The Morgan fingerprint density at radius 3 is 2.40 bits per heavy atom. The molecule has 10 heteroatoms. The summed E-state index contributed by atoms with van der Waals surface area (Å²) in [5, 5.41) is 6.24. The van der Waals surface area contributed by atoms with Crippen molar-refractivity contribution in [3.05, 3.63) is 106 Å². The highest BCUT2D eigenvalue weighted by Gasteiger charge is 2.38. The number of anilines is 2. The van der Waals surface area contributed by atoms with Gasteiger partial charge in [0.15, 0.2) is 0 Å². The zero-order valence-electron chi connectivity index (χ0n) is 23.6. The average molecular weight is 578 g/mol. The monoisotopic (exact) mass is 577 g/mol. The summed E-state index contributed by atoms with van der Waals surface area (Å²) < 4.78 is 41.2. The van der Waals surface area contributed by atoms with Gasteiger partial charge in [0.05, 0.1) is 16.8 Å². The summed E-state index contributed by atoms with van der Waals surface area (Å²) in [5.74, 6) is 0. The largest absolute Gasteiger partial charge is 0.416 e. The fourth-order valence-electron chi connectivity index (χ4n) is 5.74. The molecule has 0 bridgehead atoms. The summed E-state index contributed by atoms with van der Waals surface area (Å²) in [5.41, 5.74) is 2.30. The first kappa shape index (κ1) is 29.2. The van der Waals surface area contributed by atoms with Gasteiger partial charge in [0.25, 0.3) is 0 Å². The van der Waals surface area contributed by atoms with Crippen LogP contribution in [0.1, 0.15) is 29.5 Å². The van der Waals surface area contributed by atoms with Crippen molar-refractivity contribution in [3.63, 3.8) is 0 Å². The fourth-order valence-corrected chi connectivity index (χ4v) is 5.74. The molecule has 0 spiro atoms. The number of likely N-dealkylation sites (N-methyl/N-ethyl adjacent to an activating group) is 1. The zero-order chi connectivity index (χ0) is 29.9. The van der Waals surface area contributed by atoms with Crippen LogP contribution in [0, 0.1) is 0 Å². The highest BCUT2D eigenvalue weighted by Crippen LogP contribution is 2.37. The number of aromatic amines is 1. The van der Waals surface area contributed by atoms with E-state index in [0.29, 0.717) is 40.9 Å². The molecule has 1 aromatic heterocycles. The Balaban J connectivity index is 1.33. The predicted molar refractivity (Wildman–Crippen MR) is 160 cm³/mol. The van der Waals surface area contributed by atoms with Gasteiger partial charge in [0.1, 0.15) is 0 Å². The van der Waals surface area contributed by atoms with Crippen LogP contribution in [0.3, 0.4) is 0 Å². The number of amides is 2. The van der Waals surface area contributed by atoms with Crippen LogP contribution >= 0.6 is 0 Å². The topological polar surface area (TPSA) is 80.5 Å². The molecule has 220 valence electrons. The first-order chi connectivity index (χ1) is 20.0. The van der Waals surface area contributed by atoms with E-state index in [9.17, 15) is 22.8 Å². The molecule has 2 amide bonds. The van der Waals surface area contributed by atoms with E-state index < -0.39 is 17.8 Å². The third-order valence-electron chi connectivity index (χ3n) is 8.23. The molecule has 1 aliphatic heterocycles. The standard InChI is InChI=1S/C32H34F3N5O2/c1-39(2)31(20-22-7-4-3-5-8-22)15-17-40(18-16-31)28-19-24(32(33,34)35)12-11-23(28)21-36-30(42)38-27-10-6-9-26-25(27)13-14-29(41)37-26/h3-14,19H,15-18,20-21H2,1-2H3,(H,37,41)(H2,36,38,42). The van der Waals surface area contributed by atoms with Crippen molar-refractivity contribution in [1.29, 1.82) is 0 Å². The number of urea groups is 1. The number of hydrogen-bond acceptors (Lipinski definition) is 4. The van der Waals surface area contributed by atoms with Gasteiger partial charge in [0, 0.05) is 42.3 Å². The number of halogens is 3. The van der Waals surface area contributed by atoms with E-state index in [4.69, 9.17) is 0 Å². The van der Waals surface area contributed by atoms with E-state index in [2.05, 4.69) is 46.7 Å². The summed E-state index contributed by atoms with van der Waals surface area (Å²) in [6.45, 7) is 1.21. The molecule has 2 heterocycles. The summed E-state index contributed by atoms with van der Waals surface area (Å²) in [6, 6.07) is 21.6. The highest BCUT2D eigenvalue weighted by atomic mass is 19.4. The maximum Gasteiger partial charge on any atom is 0.416 e. The lowest BCUT2D eigenvalue weighted by Crippen LogP contribution is -2.54. The van der Waals surface area contributed by atoms with Crippen molar-refractivity contribution in [2.75, 3.05) is 37.4 Å². The van der Waals surface area contributed by atoms with E-state index in [1.165, 1.54) is 23.8 Å². The maximum atomic E-state index is 13.7. The number of carbonyl (C=O) groups excluding carboxylic acids is 1. The second-order valence-electron chi connectivity index (χ2n) is 11.0. The van der Waals surface area contributed by atoms with Crippen LogP contribution < -0.4 is 21.1 Å². The van der Waals surface area contributed by atoms with Crippen LogP contribution in [-0.4, -0.2) is 48.6 Å². The third-order valence-corrected chi connectivity index (χ3v) is 8.23. The number of rotatable bonds is 7. The van der Waals surface area contributed by atoms with Crippen LogP contribution in [-0.2, 0) is 19.1 Å². The highest BCUT2D eigenvalue weighted by molar-refractivity contribution is 6.00. The van der Waals surface area contributed by atoms with Crippen molar-refractivity contribution >= 4 is 28.3 Å². The molecule has 0 radical (unpaired) electrons. The summed E-state index contributed by atoms with van der Waals surface area (Å²) in [4.78, 5) is 31.4. The SMILES string of the molecule is CN(C)C1(Cc2ccccc2)CCN(c2cc(C(F)(F)F)ccc2CNC(=O)Nc2cccc3[nH]c(=O)ccc23)CC1. The molecule has 1 aliphatic rings. The molecular weight excluding hydrogens is 543 g/mol. The molecule has 3 aromatic carbocycles. The Bertz CT molecular complexity index is 1610. The van der Waals surface area contributed by atoms with Gasteiger partial charge in [0.2, 0.25) is 5.56 Å². The Morgan fingerprint density at radius 2 is 1.71 bits per heavy atom. The van der Waals surface area contributed by atoms with E-state index in [1.54, 1.807) is 24.3 Å². The van der Waals surface area contributed by atoms with Gasteiger partial charge in [-0.3, -0.25) is 4.79 Å². The minimum absolute atomic E-state index is 0.0419. The number of H-pyrrole nitrogens is 1. The molecule has 7 nitrogen and oxygen atoms in total. The zero-order valence-corrected chi connectivity index (χ0v) is 23.6. The first-order valence-corrected chi connectivity index (χ1v) is 13.9. The van der Waals surface area contributed by atoms with Crippen LogP contribution in [0.25, 0.3) is 10.9 Å². The molecule has 0 unspecified atom stereocenters. The number of nitrogens with one attached hydrogen (secondary N) is 3. The van der Waals surface area contributed by atoms with E-state index in [-0.39, 0.29) is 17.6 Å². The number of pyridine rings is 1. The van der Waals surface area contributed by atoms with Crippen molar-refractivity contribution in [1.82, 2.24) is 15.2 Å². The number of aromatic nitrogens is 1. The van der Waals surface area contributed by atoms with Crippen molar-refractivity contribution in [3.8, 4) is 0 Å². The second-order valence-corrected chi connectivity index (χ2v) is 11.0. The quantitative estimate of drug-likeness (QED) is 0.251. The van der Waals surface area contributed by atoms with Crippen LogP contribution in [0.2, 0.25) is 0 Å². The summed E-state index contributed by atoms with van der Waals surface area (Å²) >= 11 is 0. The van der Waals surface area contributed by atoms with Crippen molar-refractivity contribution in [2.45, 2.75) is 37.5 Å². The minimum atomic E-state index is -4.48. The molecule has 1 fully saturated rings. The van der Waals surface area contributed by atoms with Crippen molar-refractivity contribution < 1.29 is 18.0 Å². The molecule has 42 heavy (non-hydrogen) atoms. The summed E-state index contributed by atoms with van der Waals surface area (Å²) in [7, 11) is 4.12. The molecule has 0 atom stereocenters. The lowest BCUT2D eigenvalue weighted by Gasteiger charge is -2.47. The molecular formula is C32H34F3N5O2. The lowest BCUT2D eigenvalue weighted by atomic mass is 9.80. The van der Waals surface area contributed by atoms with Gasteiger partial charge in [-0.15, -0.1) is 0 Å². The van der Waals surface area contributed by atoms with Crippen molar-refractivity contribution in [2.24, 2.45) is 0 Å². The molecule has 0 saturated carbocycles. The predicted octanol–water partition coefficient (Wildman–Crippen LogP) is 6.01. The number of carbonyl (C=O) groups is 1. The normalized spacial score (nSPS) is 15.1. The Labute approximate surface area is 242 Å². The molecule has 3 N–H and O–H groups in total. The maximum absolute atomic E-state index is 13.7. The number of fused-ring (bicyclic) bond motifs is 1. The van der Waals surface area contributed by atoms with Crippen LogP contribution in [0.5, 0.6) is 0 Å². The number of alkyl halides is 3. The smallest absolute Gasteiger partial charge is 0.371 e. The lowest BCUT2D eigenvalue weighted by molar-refractivity contribution is -0.137. The molecule has 4 aromatic rings. The van der Waals surface area contributed by atoms with Gasteiger partial charge in [-0.25, -0.2) is 4.79 Å². The van der Waals surface area contributed by atoms with E-state index in [1.807, 2.05) is 23.1 Å². The number of hydrogen-bond donors (Lipinski definition) is 3. The number of piperidine rings is 1. The number of nitrogens with zero attached hydrogens (tertiary/aromatic N) is 2. The van der Waals surface area contributed by atoms with E-state index in [0.717, 1.165) is 25.3 Å². The second kappa shape index (κ2) is 11.9.